The molecule has 65 valence electrons. The fraction of sp³-hybridized carbons (Fsp3) is 0.143. The zero-order chi connectivity index (χ0) is 9.35. The zero-order valence-corrected chi connectivity index (χ0v) is 7.33. The number of hydrogen-bond acceptors (Lipinski definition) is 1. The first-order valence-corrected chi connectivity index (χ1v) is 3.71. The molecule has 0 N–H and O–H groups in total. The van der Waals surface area contributed by atoms with E-state index in [1.165, 1.54) is 6.07 Å². The second-order valence-electron chi connectivity index (χ2n) is 2.19. The van der Waals surface area contributed by atoms with Crippen LogP contribution >= 0.6 is 23.2 Å². The number of nitrogens with zero attached hydrogens (tertiary/aromatic N) is 1. The Hall–Kier alpha value is -0.410. The molecular formula is C7H4Cl2F2N. The minimum atomic E-state index is -3.28. The Labute approximate surface area is 78.3 Å². The predicted octanol–water partition coefficient (Wildman–Crippen LogP) is 3.31. The maximum Gasteiger partial charge on any atom is 0.291 e. The van der Waals surface area contributed by atoms with E-state index >= 15 is 0 Å². The van der Waals surface area contributed by atoms with E-state index in [2.05, 4.69) is 11.9 Å². The van der Waals surface area contributed by atoms with E-state index in [1.807, 2.05) is 0 Å². The molecule has 1 nitrogen and oxygen atoms in total. The summed E-state index contributed by atoms with van der Waals surface area (Å²) in [6, 6.07) is 1.20. The van der Waals surface area contributed by atoms with Crippen molar-refractivity contribution in [2.45, 2.75) is 5.92 Å². The van der Waals surface area contributed by atoms with Gasteiger partial charge in [-0.3, -0.25) is 4.98 Å². The molecule has 0 bridgehead atoms. The van der Waals surface area contributed by atoms with Crippen molar-refractivity contribution in [3.63, 3.8) is 0 Å². The molecule has 0 aromatic carbocycles. The molecule has 1 heterocycles. The third-order valence-electron chi connectivity index (χ3n) is 1.15. The Kier molecular flexibility index (Phi) is 2.54. The standard InChI is InChI=1S/C7H4Cl2F2N/c1-7(10,11)6-5(9)2-4(8)3-12-6/h2-3H,1H2. The Morgan fingerprint density at radius 2 is 2.00 bits per heavy atom. The molecule has 0 amide bonds. The Balaban J connectivity index is 3.19. The Bertz CT molecular complexity index is 296. The van der Waals surface area contributed by atoms with Crippen LogP contribution in [-0.2, 0) is 5.92 Å². The van der Waals surface area contributed by atoms with Crippen LogP contribution in [0.3, 0.4) is 0 Å². The highest BCUT2D eigenvalue weighted by Gasteiger charge is 2.29. The van der Waals surface area contributed by atoms with E-state index in [9.17, 15) is 8.78 Å². The summed E-state index contributed by atoms with van der Waals surface area (Å²) in [5.41, 5.74) is -0.562. The second kappa shape index (κ2) is 3.15. The molecule has 0 fully saturated rings. The number of aromatic nitrogens is 1. The van der Waals surface area contributed by atoms with Crippen LogP contribution in [0.2, 0.25) is 10.0 Å². The molecule has 1 aromatic heterocycles. The van der Waals surface area contributed by atoms with Crippen molar-refractivity contribution in [3.05, 3.63) is 34.9 Å². The molecule has 0 atom stereocenters. The number of rotatable bonds is 1. The molecule has 1 radical (unpaired) electrons. The summed E-state index contributed by atoms with van der Waals surface area (Å²) < 4.78 is 25.1. The number of halogens is 4. The van der Waals surface area contributed by atoms with Crippen molar-refractivity contribution in [3.8, 4) is 0 Å². The highest BCUT2D eigenvalue weighted by Crippen LogP contribution is 2.31. The van der Waals surface area contributed by atoms with Gasteiger partial charge >= 0.3 is 0 Å². The largest absolute Gasteiger partial charge is 0.291 e. The lowest BCUT2D eigenvalue weighted by Gasteiger charge is -2.10. The molecule has 12 heavy (non-hydrogen) atoms. The molecular weight excluding hydrogens is 207 g/mol. The average Bonchev–Trinajstić information content (AvgIpc) is 1.83. The van der Waals surface area contributed by atoms with Crippen LogP contribution < -0.4 is 0 Å². The molecule has 0 saturated carbocycles. The fourth-order valence-electron chi connectivity index (χ4n) is 0.684. The molecule has 0 saturated heterocycles. The molecule has 5 heteroatoms. The summed E-state index contributed by atoms with van der Waals surface area (Å²) in [6.45, 7) is 2.61. The van der Waals surface area contributed by atoms with Crippen LogP contribution in [0.5, 0.6) is 0 Å². The predicted molar refractivity (Wildman–Crippen MR) is 43.5 cm³/mol. The van der Waals surface area contributed by atoms with Crippen LogP contribution in [0.25, 0.3) is 0 Å². The van der Waals surface area contributed by atoms with Gasteiger partial charge in [-0.2, -0.15) is 8.78 Å². The van der Waals surface area contributed by atoms with Gasteiger partial charge in [0.05, 0.1) is 10.0 Å². The fourth-order valence-corrected chi connectivity index (χ4v) is 1.20. The van der Waals surface area contributed by atoms with E-state index in [1.54, 1.807) is 0 Å². The van der Waals surface area contributed by atoms with E-state index in [4.69, 9.17) is 23.2 Å². The molecule has 1 aromatic rings. The van der Waals surface area contributed by atoms with Crippen molar-refractivity contribution >= 4 is 23.2 Å². The first-order valence-electron chi connectivity index (χ1n) is 2.96. The summed E-state index contributed by atoms with van der Waals surface area (Å²) in [5.74, 6) is -3.28. The van der Waals surface area contributed by atoms with Crippen LogP contribution in [0.15, 0.2) is 12.3 Å². The summed E-state index contributed by atoms with van der Waals surface area (Å²) in [6.07, 6.45) is 1.10. The molecule has 1 rings (SSSR count). The normalized spacial score (nSPS) is 11.8. The third kappa shape index (κ3) is 2.05. The highest BCUT2D eigenvalue weighted by atomic mass is 35.5. The minimum Gasteiger partial charge on any atom is -0.252 e. The van der Waals surface area contributed by atoms with E-state index in [-0.39, 0.29) is 10.0 Å². The monoisotopic (exact) mass is 210 g/mol. The zero-order valence-electron chi connectivity index (χ0n) is 5.82. The summed E-state index contributed by atoms with van der Waals surface area (Å²) >= 11 is 10.9. The topological polar surface area (TPSA) is 12.9 Å². The molecule has 0 aliphatic carbocycles. The van der Waals surface area contributed by atoms with E-state index in [0.29, 0.717) is 0 Å². The van der Waals surface area contributed by atoms with Gasteiger partial charge in [-0.05, 0) is 6.07 Å². The highest BCUT2D eigenvalue weighted by molar-refractivity contribution is 6.34. The lowest BCUT2D eigenvalue weighted by atomic mass is 10.2. The van der Waals surface area contributed by atoms with Crippen LogP contribution in [0.4, 0.5) is 8.78 Å². The maximum absolute atomic E-state index is 12.5. The van der Waals surface area contributed by atoms with Gasteiger partial charge in [0.1, 0.15) is 5.69 Å². The average molecular weight is 211 g/mol. The quantitative estimate of drug-likeness (QED) is 0.694. The molecule has 0 unspecified atom stereocenters. The second-order valence-corrected chi connectivity index (χ2v) is 3.03. The summed E-state index contributed by atoms with van der Waals surface area (Å²) in [7, 11) is 0. The van der Waals surface area contributed by atoms with Crippen molar-refractivity contribution in [1.29, 1.82) is 0 Å². The lowest BCUT2D eigenvalue weighted by molar-refractivity contribution is 0.0439. The van der Waals surface area contributed by atoms with Crippen molar-refractivity contribution < 1.29 is 8.78 Å². The van der Waals surface area contributed by atoms with E-state index in [0.717, 1.165) is 6.20 Å². The molecule has 0 spiro atoms. The number of alkyl halides is 2. The minimum absolute atomic E-state index is 0.178. The van der Waals surface area contributed by atoms with Gasteiger partial charge in [0, 0.05) is 13.1 Å². The van der Waals surface area contributed by atoms with Crippen molar-refractivity contribution in [2.24, 2.45) is 0 Å². The first kappa shape index (κ1) is 9.68. The van der Waals surface area contributed by atoms with Gasteiger partial charge in [-0.25, -0.2) is 0 Å². The Morgan fingerprint density at radius 3 is 2.42 bits per heavy atom. The summed E-state index contributed by atoms with van der Waals surface area (Å²) in [4.78, 5) is 3.37. The number of hydrogen-bond donors (Lipinski definition) is 0. The van der Waals surface area contributed by atoms with Crippen LogP contribution in [0.1, 0.15) is 5.69 Å². The van der Waals surface area contributed by atoms with Gasteiger partial charge in [0.2, 0.25) is 0 Å². The van der Waals surface area contributed by atoms with Crippen LogP contribution in [-0.4, -0.2) is 4.98 Å². The van der Waals surface area contributed by atoms with Crippen LogP contribution in [0, 0.1) is 6.92 Å². The first-order chi connectivity index (χ1) is 5.41. The molecule has 0 aliphatic heterocycles. The SMILES string of the molecule is [CH2]C(F)(F)c1ncc(Cl)cc1Cl. The smallest absolute Gasteiger partial charge is 0.252 e. The third-order valence-corrected chi connectivity index (χ3v) is 1.65. The van der Waals surface area contributed by atoms with Gasteiger partial charge < -0.3 is 0 Å². The van der Waals surface area contributed by atoms with Crippen molar-refractivity contribution in [1.82, 2.24) is 4.98 Å². The summed E-state index contributed by atoms with van der Waals surface area (Å²) in [5, 5.41) is 0.0375. The van der Waals surface area contributed by atoms with Gasteiger partial charge in [0.15, 0.2) is 0 Å². The lowest BCUT2D eigenvalue weighted by Crippen LogP contribution is -2.10. The van der Waals surface area contributed by atoms with Crippen molar-refractivity contribution in [2.75, 3.05) is 0 Å². The number of pyridine rings is 1. The van der Waals surface area contributed by atoms with E-state index < -0.39 is 11.6 Å². The maximum atomic E-state index is 12.5. The van der Waals surface area contributed by atoms with Gasteiger partial charge in [-0.1, -0.05) is 23.2 Å². The van der Waals surface area contributed by atoms with Gasteiger partial charge in [-0.15, -0.1) is 0 Å². The Morgan fingerprint density at radius 1 is 1.42 bits per heavy atom. The molecule has 0 aliphatic rings. The van der Waals surface area contributed by atoms with Gasteiger partial charge in [0.25, 0.3) is 5.92 Å².